The summed E-state index contributed by atoms with van der Waals surface area (Å²) >= 11 is 5.70. The second kappa shape index (κ2) is 5.82. The molecule has 98 valence electrons. The first kappa shape index (κ1) is 14.4. The molecule has 1 aromatic rings. The second-order valence-electron chi connectivity index (χ2n) is 4.50. The fraction of sp³-hybridized carbons (Fsp3) is 0.417. The van der Waals surface area contributed by atoms with Crippen molar-refractivity contribution < 1.29 is 9.72 Å². The van der Waals surface area contributed by atoms with Crippen LogP contribution in [-0.4, -0.2) is 29.3 Å². The number of carbonyl (C=O) groups excluding carboxylic acids is 1. The van der Waals surface area contributed by atoms with Crippen molar-refractivity contribution in [1.29, 1.82) is 0 Å². The van der Waals surface area contributed by atoms with Crippen LogP contribution in [0.3, 0.4) is 0 Å². The van der Waals surface area contributed by atoms with Crippen molar-refractivity contribution in [3.63, 3.8) is 0 Å². The Morgan fingerprint density at radius 1 is 1.50 bits per heavy atom. The molecule has 0 aliphatic carbocycles. The fourth-order valence-corrected chi connectivity index (χ4v) is 1.84. The molecule has 0 aliphatic heterocycles. The maximum absolute atomic E-state index is 12.1. The Balaban J connectivity index is 3.09. The lowest BCUT2D eigenvalue weighted by Gasteiger charge is -2.19. The van der Waals surface area contributed by atoms with Gasteiger partial charge < -0.3 is 4.90 Å². The summed E-state index contributed by atoms with van der Waals surface area (Å²) in [6, 6.07) is 4.06. The number of carbonyl (C=O) groups is 1. The molecule has 0 aliphatic rings. The smallest absolute Gasteiger partial charge is 0.283 e. The molecular formula is C12H15ClN2O3. The third kappa shape index (κ3) is 3.43. The highest BCUT2D eigenvalue weighted by Gasteiger charge is 2.23. The van der Waals surface area contributed by atoms with Gasteiger partial charge in [-0.1, -0.05) is 25.4 Å². The van der Waals surface area contributed by atoms with Crippen LogP contribution < -0.4 is 0 Å². The lowest BCUT2D eigenvalue weighted by atomic mass is 10.1. The minimum atomic E-state index is -0.595. The second-order valence-corrected chi connectivity index (χ2v) is 4.93. The molecular weight excluding hydrogens is 256 g/mol. The molecule has 1 aromatic carbocycles. The van der Waals surface area contributed by atoms with Crippen molar-refractivity contribution in [1.82, 2.24) is 4.90 Å². The van der Waals surface area contributed by atoms with E-state index in [9.17, 15) is 14.9 Å². The lowest BCUT2D eigenvalue weighted by Crippen LogP contribution is -2.30. The largest absolute Gasteiger partial charge is 0.341 e. The standard InChI is InChI=1S/C12H15ClN2O3/c1-8(2)7-14(3)12(16)10-5-4-9(13)6-11(10)15(17)18/h4-6,8H,7H2,1-3H3. The van der Waals surface area contributed by atoms with E-state index in [1.54, 1.807) is 7.05 Å². The zero-order valence-electron chi connectivity index (χ0n) is 10.5. The Morgan fingerprint density at radius 2 is 2.11 bits per heavy atom. The number of nitro benzene ring substituents is 1. The summed E-state index contributed by atoms with van der Waals surface area (Å²) in [6.07, 6.45) is 0. The molecule has 0 saturated heterocycles. The van der Waals surface area contributed by atoms with Crippen LogP contribution in [-0.2, 0) is 0 Å². The van der Waals surface area contributed by atoms with Gasteiger partial charge >= 0.3 is 0 Å². The third-order valence-corrected chi connectivity index (χ3v) is 2.61. The molecule has 1 rings (SSSR count). The van der Waals surface area contributed by atoms with Gasteiger partial charge in [0.05, 0.1) is 4.92 Å². The van der Waals surface area contributed by atoms with E-state index in [1.807, 2.05) is 13.8 Å². The summed E-state index contributed by atoms with van der Waals surface area (Å²) in [7, 11) is 1.63. The molecule has 0 spiro atoms. The van der Waals surface area contributed by atoms with Crippen molar-refractivity contribution >= 4 is 23.2 Å². The lowest BCUT2D eigenvalue weighted by molar-refractivity contribution is -0.385. The molecule has 0 saturated carbocycles. The zero-order valence-corrected chi connectivity index (χ0v) is 11.3. The highest BCUT2D eigenvalue weighted by atomic mass is 35.5. The normalized spacial score (nSPS) is 10.5. The van der Waals surface area contributed by atoms with E-state index in [0.29, 0.717) is 12.5 Å². The molecule has 0 heterocycles. The summed E-state index contributed by atoms with van der Waals surface area (Å²) < 4.78 is 0. The van der Waals surface area contributed by atoms with Gasteiger partial charge in [0.25, 0.3) is 11.6 Å². The van der Waals surface area contributed by atoms with Crippen LogP contribution >= 0.6 is 11.6 Å². The Bertz CT molecular complexity index is 474. The van der Waals surface area contributed by atoms with Crippen molar-refractivity contribution in [3.8, 4) is 0 Å². The molecule has 18 heavy (non-hydrogen) atoms. The summed E-state index contributed by atoms with van der Waals surface area (Å²) in [6.45, 7) is 4.48. The van der Waals surface area contributed by atoms with Gasteiger partial charge in [-0.05, 0) is 18.1 Å². The first-order valence-electron chi connectivity index (χ1n) is 5.52. The number of nitro groups is 1. The number of benzene rings is 1. The Morgan fingerprint density at radius 3 is 2.61 bits per heavy atom. The van der Waals surface area contributed by atoms with Crippen LogP contribution in [0.2, 0.25) is 5.02 Å². The quantitative estimate of drug-likeness (QED) is 0.624. The van der Waals surface area contributed by atoms with Crippen molar-refractivity contribution in [2.75, 3.05) is 13.6 Å². The number of hydrogen-bond donors (Lipinski definition) is 0. The van der Waals surface area contributed by atoms with Gasteiger partial charge in [0, 0.05) is 24.7 Å². The molecule has 0 aromatic heterocycles. The maximum Gasteiger partial charge on any atom is 0.283 e. The molecule has 5 nitrogen and oxygen atoms in total. The first-order chi connectivity index (χ1) is 8.32. The summed E-state index contributed by atoms with van der Waals surface area (Å²) in [5.41, 5.74) is -0.198. The average Bonchev–Trinajstić information content (AvgIpc) is 2.26. The minimum absolute atomic E-state index is 0.0625. The molecule has 0 bridgehead atoms. The Labute approximate surface area is 110 Å². The van der Waals surface area contributed by atoms with Crippen LogP contribution in [0.4, 0.5) is 5.69 Å². The molecule has 0 radical (unpaired) electrons. The van der Waals surface area contributed by atoms with Crippen LogP contribution in [0.1, 0.15) is 24.2 Å². The Hall–Kier alpha value is -1.62. The van der Waals surface area contributed by atoms with E-state index in [4.69, 9.17) is 11.6 Å². The maximum atomic E-state index is 12.1. The molecule has 0 unspecified atom stereocenters. The zero-order chi connectivity index (χ0) is 13.9. The topological polar surface area (TPSA) is 63.5 Å². The van der Waals surface area contributed by atoms with Crippen LogP contribution in [0.25, 0.3) is 0 Å². The molecule has 6 heteroatoms. The number of halogens is 1. The van der Waals surface area contributed by atoms with Gasteiger partial charge in [-0.3, -0.25) is 14.9 Å². The van der Waals surface area contributed by atoms with Gasteiger partial charge in [-0.2, -0.15) is 0 Å². The highest BCUT2D eigenvalue weighted by molar-refractivity contribution is 6.31. The van der Waals surface area contributed by atoms with E-state index in [1.165, 1.54) is 23.1 Å². The monoisotopic (exact) mass is 270 g/mol. The van der Waals surface area contributed by atoms with Crippen LogP contribution in [0.5, 0.6) is 0 Å². The molecule has 0 fully saturated rings. The van der Waals surface area contributed by atoms with Gasteiger partial charge in [-0.25, -0.2) is 0 Å². The van der Waals surface area contributed by atoms with E-state index < -0.39 is 4.92 Å². The van der Waals surface area contributed by atoms with E-state index in [-0.39, 0.29) is 22.2 Å². The number of nitrogens with zero attached hydrogens (tertiary/aromatic N) is 2. The predicted molar refractivity (Wildman–Crippen MR) is 69.9 cm³/mol. The fourth-order valence-electron chi connectivity index (χ4n) is 1.67. The van der Waals surface area contributed by atoms with Gasteiger partial charge in [0.2, 0.25) is 0 Å². The van der Waals surface area contributed by atoms with Crippen LogP contribution in [0, 0.1) is 16.0 Å². The molecule has 0 atom stereocenters. The third-order valence-electron chi connectivity index (χ3n) is 2.37. The van der Waals surface area contributed by atoms with E-state index >= 15 is 0 Å². The van der Waals surface area contributed by atoms with Crippen LogP contribution in [0.15, 0.2) is 18.2 Å². The highest BCUT2D eigenvalue weighted by Crippen LogP contribution is 2.24. The van der Waals surface area contributed by atoms with Gasteiger partial charge in [0.15, 0.2) is 0 Å². The van der Waals surface area contributed by atoms with Crippen molar-refractivity contribution in [3.05, 3.63) is 38.9 Å². The Kier molecular flexibility index (Phi) is 4.67. The number of rotatable bonds is 4. The van der Waals surface area contributed by atoms with E-state index in [2.05, 4.69) is 0 Å². The molecule has 1 amide bonds. The average molecular weight is 271 g/mol. The van der Waals surface area contributed by atoms with Crippen molar-refractivity contribution in [2.45, 2.75) is 13.8 Å². The number of hydrogen-bond acceptors (Lipinski definition) is 3. The first-order valence-corrected chi connectivity index (χ1v) is 5.90. The number of amides is 1. The predicted octanol–water partition coefficient (Wildman–Crippen LogP) is 2.98. The SMILES string of the molecule is CC(C)CN(C)C(=O)c1ccc(Cl)cc1[N+](=O)[O-]. The van der Waals surface area contributed by atoms with E-state index in [0.717, 1.165) is 0 Å². The summed E-state index contributed by atoms with van der Waals surface area (Å²) in [5.74, 6) is -0.0719. The van der Waals surface area contributed by atoms with Crippen molar-refractivity contribution in [2.24, 2.45) is 5.92 Å². The van der Waals surface area contributed by atoms with Gasteiger partial charge in [-0.15, -0.1) is 0 Å². The van der Waals surface area contributed by atoms with Gasteiger partial charge in [0.1, 0.15) is 5.56 Å². The summed E-state index contributed by atoms with van der Waals surface area (Å²) in [5, 5.41) is 11.1. The molecule has 0 N–H and O–H groups in total. The summed E-state index contributed by atoms with van der Waals surface area (Å²) in [4.78, 5) is 23.9. The minimum Gasteiger partial charge on any atom is -0.341 e.